The SMILES string of the molecule is CCOC(O[SiH3])(OCC)C(CC)CC. The van der Waals surface area contributed by atoms with Crippen LogP contribution in [0.4, 0.5) is 0 Å². The highest BCUT2D eigenvalue weighted by Gasteiger charge is 2.38. The summed E-state index contributed by atoms with van der Waals surface area (Å²) in [6, 6.07) is 0. The first-order valence-electron chi connectivity index (χ1n) is 5.53. The smallest absolute Gasteiger partial charge is 0.275 e. The predicted octanol–water partition coefficient (Wildman–Crippen LogP) is 1.45. The van der Waals surface area contributed by atoms with Crippen LogP contribution in [0, 0.1) is 5.92 Å². The summed E-state index contributed by atoms with van der Waals surface area (Å²) in [5.74, 6) is -0.459. The lowest BCUT2D eigenvalue weighted by Crippen LogP contribution is -2.45. The summed E-state index contributed by atoms with van der Waals surface area (Å²) in [6.07, 6.45) is 2.03. The fourth-order valence-electron chi connectivity index (χ4n) is 1.75. The Bertz CT molecular complexity index is 131. The van der Waals surface area contributed by atoms with Gasteiger partial charge >= 0.3 is 0 Å². The van der Waals surface area contributed by atoms with E-state index in [1.165, 1.54) is 0 Å². The molecule has 0 fully saturated rings. The van der Waals surface area contributed by atoms with Crippen molar-refractivity contribution in [3.05, 3.63) is 0 Å². The third kappa shape index (κ3) is 3.35. The van der Waals surface area contributed by atoms with Gasteiger partial charge in [-0.25, -0.2) is 0 Å². The van der Waals surface area contributed by atoms with E-state index in [-0.39, 0.29) is 0 Å². The predicted molar refractivity (Wildman–Crippen MR) is 61.1 cm³/mol. The first kappa shape index (κ1) is 14.1. The Morgan fingerprint density at radius 2 is 1.43 bits per heavy atom. The van der Waals surface area contributed by atoms with Crippen LogP contribution in [-0.2, 0) is 13.9 Å². The Balaban J connectivity index is 4.59. The van der Waals surface area contributed by atoms with E-state index in [9.17, 15) is 0 Å². The van der Waals surface area contributed by atoms with Gasteiger partial charge < -0.3 is 13.9 Å². The summed E-state index contributed by atoms with van der Waals surface area (Å²) >= 11 is 0. The zero-order valence-corrected chi connectivity index (χ0v) is 12.1. The van der Waals surface area contributed by atoms with Crippen molar-refractivity contribution in [3.63, 3.8) is 0 Å². The van der Waals surface area contributed by atoms with E-state index in [1.807, 2.05) is 13.8 Å². The lowest BCUT2D eigenvalue weighted by molar-refractivity contribution is -0.368. The van der Waals surface area contributed by atoms with E-state index in [4.69, 9.17) is 13.9 Å². The van der Waals surface area contributed by atoms with E-state index in [0.717, 1.165) is 12.8 Å². The summed E-state index contributed by atoms with van der Waals surface area (Å²) in [5.41, 5.74) is 0. The third-order valence-electron chi connectivity index (χ3n) is 2.46. The van der Waals surface area contributed by atoms with Gasteiger partial charge in [0.1, 0.15) is 0 Å². The molecule has 0 unspecified atom stereocenters. The third-order valence-corrected chi connectivity index (χ3v) is 3.03. The van der Waals surface area contributed by atoms with Gasteiger partial charge in [0.15, 0.2) is 10.5 Å². The Morgan fingerprint density at radius 1 is 1.00 bits per heavy atom. The van der Waals surface area contributed by atoms with E-state index >= 15 is 0 Å². The Hall–Kier alpha value is 0.0969. The molecule has 0 aromatic carbocycles. The molecule has 86 valence electrons. The fraction of sp³-hybridized carbons (Fsp3) is 1.00. The molecule has 4 heteroatoms. The van der Waals surface area contributed by atoms with Crippen molar-refractivity contribution in [2.24, 2.45) is 5.92 Å². The monoisotopic (exact) mass is 220 g/mol. The summed E-state index contributed by atoms with van der Waals surface area (Å²) in [5, 5.41) is 0. The molecule has 0 saturated carbocycles. The van der Waals surface area contributed by atoms with Gasteiger partial charge in [-0.05, 0) is 26.7 Å². The average molecular weight is 220 g/mol. The lowest BCUT2D eigenvalue weighted by Gasteiger charge is -2.37. The lowest BCUT2D eigenvalue weighted by atomic mass is 10.0. The second-order valence-corrected chi connectivity index (χ2v) is 3.60. The van der Waals surface area contributed by atoms with Gasteiger partial charge in [-0.1, -0.05) is 13.8 Å². The van der Waals surface area contributed by atoms with Crippen LogP contribution >= 0.6 is 0 Å². The Morgan fingerprint density at radius 3 is 1.64 bits per heavy atom. The summed E-state index contributed by atoms with van der Waals surface area (Å²) < 4.78 is 16.9. The molecule has 0 spiro atoms. The van der Waals surface area contributed by atoms with Crippen LogP contribution in [0.5, 0.6) is 0 Å². The van der Waals surface area contributed by atoms with Crippen molar-refractivity contribution in [3.8, 4) is 0 Å². The minimum Gasteiger partial charge on any atom is -0.380 e. The minimum atomic E-state index is -0.779. The molecule has 0 saturated heterocycles. The molecule has 0 rings (SSSR count). The van der Waals surface area contributed by atoms with Crippen LogP contribution in [0.25, 0.3) is 0 Å². The second-order valence-electron chi connectivity index (χ2n) is 3.19. The van der Waals surface area contributed by atoms with E-state index < -0.39 is 5.97 Å². The molecular formula is C10H24O3Si. The van der Waals surface area contributed by atoms with E-state index in [1.54, 1.807) is 0 Å². The zero-order chi connectivity index (χ0) is 11.0. The van der Waals surface area contributed by atoms with Crippen molar-refractivity contribution < 1.29 is 13.9 Å². The van der Waals surface area contributed by atoms with Gasteiger partial charge in [0.05, 0.1) is 0 Å². The molecule has 0 amide bonds. The fourth-order valence-corrected chi connectivity index (χ4v) is 2.32. The molecule has 0 radical (unpaired) electrons. The molecule has 0 aliphatic carbocycles. The quantitative estimate of drug-likeness (QED) is 0.458. The van der Waals surface area contributed by atoms with Crippen molar-refractivity contribution in [1.29, 1.82) is 0 Å². The molecular weight excluding hydrogens is 196 g/mol. The molecule has 0 heterocycles. The zero-order valence-electron chi connectivity index (χ0n) is 10.1. The standard InChI is InChI=1S/C10H24O3Si/c1-5-9(6-2)10(13-14,11-7-3)12-8-4/h9H,5-8H2,1-4,14H3. The number of rotatable bonds is 8. The summed E-state index contributed by atoms with van der Waals surface area (Å²) in [4.78, 5) is 0. The molecule has 0 aliphatic heterocycles. The first-order chi connectivity index (χ1) is 6.70. The highest BCUT2D eigenvalue weighted by Crippen LogP contribution is 2.29. The van der Waals surface area contributed by atoms with Gasteiger partial charge in [0, 0.05) is 19.1 Å². The van der Waals surface area contributed by atoms with E-state index in [0.29, 0.717) is 29.6 Å². The van der Waals surface area contributed by atoms with Crippen molar-refractivity contribution in [1.82, 2.24) is 0 Å². The largest absolute Gasteiger partial charge is 0.380 e. The highest BCUT2D eigenvalue weighted by molar-refractivity contribution is 5.98. The van der Waals surface area contributed by atoms with Crippen LogP contribution in [-0.4, -0.2) is 29.7 Å². The van der Waals surface area contributed by atoms with Gasteiger partial charge in [-0.15, -0.1) is 0 Å². The molecule has 0 aromatic rings. The van der Waals surface area contributed by atoms with Crippen LogP contribution in [0.1, 0.15) is 40.5 Å². The number of ether oxygens (including phenoxy) is 2. The maximum absolute atomic E-state index is 5.65. The van der Waals surface area contributed by atoms with Gasteiger partial charge in [0.2, 0.25) is 0 Å². The molecule has 14 heavy (non-hydrogen) atoms. The molecule has 0 aliphatic rings. The maximum atomic E-state index is 5.65. The normalized spacial score (nSPS) is 12.6. The highest BCUT2D eigenvalue weighted by atomic mass is 28.2. The molecule has 0 aromatic heterocycles. The van der Waals surface area contributed by atoms with Crippen molar-refractivity contribution in [2.45, 2.75) is 46.5 Å². The molecule has 0 bridgehead atoms. The van der Waals surface area contributed by atoms with Crippen LogP contribution < -0.4 is 0 Å². The van der Waals surface area contributed by atoms with Crippen LogP contribution in [0.3, 0.4) is 0 Å². The molecule has 3 nitrogen and oxygen atoms in total. The Labute approximate surface area is 90.7 Å². The topological polar surface area (TPSA) is 27.7 Å². The maximum Gasteiger partial charge on any atom is 0.275 e. The van der Waals surface area contributed by atoms with Crippen LogP contribution in [0.15, 0.2) is 0 Å². The van der Waals surface area contributed by atoms with E-state index in [2.05, 4.69) is 13.8 Å². The van der Waals surface area contributed by atoms with Crippen molar-refractivity contribution >= 4 is 10.5 Å². The second kappa shape index (κ2) is 7.40. The Kier molecular flexibility index (Phi) is 7.45. The molecule has 0 atom stereocenters. The summed E-state index contributed by atoms with van der Waals surface area (Å²) in [6.45, 7) is 9.47. The van der Waals surface area contributed by atoms with Crippen molar-refractivity contribution in [2.75, 3.05) is 13.2 Å². The average Bonchev–Trinajstić information content (AvgIpc) is 2.20. The first-order valence-corrected chi connectivity index (χ1v) is 6.35. The number of hydrogen-bond donors (Lipinski definition) is 0. The van der Waals surface area contributed by atoms with Gasteiger partial charge in [-0.3, -0.25) is 0 Å². The van der Waals surface area contributed by atoms with Gasteiger partial charge in [0.25, 0.3) is 5.97 Å². The molecule has 0 N–H and O–H groups in total. The minimum absolute atomic E-state index is 0.319. The van der Waals surface area contributed by atoms with Gasteiger partial charge in [-0.2, -0.15) is 0 Å². The summed E-state index contributed by atoms with van der Waals surface area (Å²) in [7, 11) is 0.632. The van der Waals surface area contributed by atoms with Crippen LogP contribution in [0.2, 0.25) is 0 Å². The number of hydrogen-bond acceptors (Lipinski definition) is 3.